The van der Waals surface area contributed by atoms with E-state index >= 15 is 0 Å². The first-order chi connectivity index (χ1) is 25.1. The summed E-state index contributed by atoms with van der Waals surface area (Å²) in [7, 11) is 2.05. The fraction of sp³-hybridized carbons (Fsp3) is 0.109. The van der Waals surface area contributed by atoms with Gasteiger partial charge in [0.25, 0.3) is 0 Å². The van der Waals surface area contributed by atoms with E-state index in [0.717, 1.165) is 40.6 Å². The maximum Gasteiger partial charge on any atom is 3.00 e. The summed E-state index contributed by atoms with van der Waals surface area (Å²) in [5.74, 6) is 0. The van der Waals surface area contributed by atoms with Crippen molar-refractivity contribution >= 4 is 60.3 Å². The summed E-state index contributed by atoms with van der Waals surface area (Å²) in [6, 6.07) is 41.3. The van der Waals surface area contributed by atoms with Crippen molar-refractivity contribution in [3.8, 4) is 22.4 Å². The van der Waals surface area contributed by atoms with Gasteiger partial charge in [0.2, 0.25) is 0 Å². The Morgan fingerprint density at radius 1 is 0.731 bits per heavy atom. The van der Waals surface area contributed by atoms with Crippen LogP contribution in [-0.4, -0.2) is 26.3 Å². The van der Waals surface area contributed by atoms with Gasteiger partial charge in [0.1, 0.15) is 0 Å². The average molecular weight is 849 g/mol. The molecular weight excluding hydrogens is 815 g/mol. The maximum absolute atomic E-state index is 4.99. The van der Waals surface area contributed by atoms with Crippen LogP contribution in [0.15, 0.2) is 122 Å². The van der Waals surface area contributed by atoms with Crippen LogP contribution in [-0.2, 0) is 32.9 Å². The zero-order valence-electron chi connectivity index (χ0n) is 29.1. The Labute approximate surface area is 316 Å². The predicted octanol–water partition coefficient (Wildman–Crippen LogP) is 10.7. The van der Waals surface area contributed by atoms with E-state index < -0.39 is 0 Å². The molecule has 0 N–H and O–H groups in total. The molecule has 5 heterocycles. The molecule has 9 aromatic rings. The second-order valence-corrected chi connectivity index (χ2v) is 13.4. The number of hydrogen-bond acceptors (Lipinski definition) is 4. The minimum atomic E-state index is 0. The maximum atomic E-state index is 4.99. The van der Waals surface area contributed by atoms with E-state index in [1.54, 1.807) is 0 Å². The van der Waals surface area contributed by atoms with Crippen LogP contribution in [0.1, 0.15) is 30.5 Å². The molecule has 2 aliphatic heterocycles. The molecule has 0 saturated heterocycles. The number of fused-ring (bicyclic) bond motifs is 11. The van der Waals surface area contributed by atoms with Crippen LogP contribution < -0.4 is 4.90 Å². The van der Waals surface area contributed by atoms with E-state index in [1.807, 2.05) is 30.6 Å². The molecule has 11 rings (SSSR count). The van der Waals surface area contributed by atoms with Crippen LogP contribution in [0.5, 0.6) is 0 Å². The van der Waals surface area contributed by atoms with Crippen LogP contribution in [0.3, 0.4) is 0 Å². The number of para-hydroxylation sites is 1. The van der Waals surface area contributed by atoms with Gasteiger partial charge < -0.3 is 14.2 Å². The molecule has 0 unspecified atom stereocenters. The number of hydrogen-bond donors (Lipinski definition) is 0. The second-order valence-electron chi connectivity index (χ2n) is 13.4. The first-order valence-electron chi connectivity index (χ1n) is 17.7. The van der Waals surface area contributed by atoms with Crippen LogP contribution in [0.4, 0.5) is 5.69 Å². The van der Waals surface area contributed by atoms with Crippen LogP contribution in [0.2, 0.25) is 0 Å². The molecule has 0 spiro atoms. The summed E-state index contributed by atoms with van der Waals surface area (Å²) in [6.45, 7) is 6.56. The van der Waals surface area contributed by atoms with Gasteiger partial charge in [-0.15, -0.1) is 29.1 Å². The Balaban J connectivity index is 0.000000160. The monoisotopic (exact) mass is 849 g/mol. The zero-order chi connectivity index (χ0) is 34.2. The van der Waals surface area contributed by atoms with E-state index in [-0.39, 0.29) is 20.1 Å². The smallest absolute Gasteiger partial charge is 0.510 e. The summed E-state index contributed by atoms with van der Waals surface area (Å²) in [4.78, 5) is 13.7. The SMILES string of the molecule is CCc1cccc(CC)c1-c1cnc2c3[c-]ccc4ccc5c6ccncc6cc(c5c43)n12.CN1C=C2c3ccccc3-c3ccc[c-]c3N2[CH-]1.[Ir+3]. The summed E-state index contributed by atoms with van der Waals surface area (Å²) in [5, 5.41) is 8.46. The van der Waals surface area contributed by atoms with E-state index in [2.05, 4.69) is 150 Å². The minimum Gasteiger partial charge on any atom is -0.510 e. The number of rotatable bonds is 3. The Morgan fingerprint density at radius 3 is 2.37 bits per heavy atom. The fourth-order valence-corrected chi connectivity index (χ4v) is 8.36. The topological polar surface area (TPSA) is 36.7 Å². The van der Waals surface area contributed by atoms with Crippen molar-refractivity contribution in [2.45, 2.75) is 26.7 Å². The third kappa shape index (κ3) is 4.71. The number of aromatic nitrogens is 3. The van der Waals surface area contributed by atoms with Crippen molar-refractivity contribution in [3.63, 3.8) is 0 Å². The molecule has 0 radical (unpaired) electrons. The van der Waals surface area contributed by atoms with Gasteiger partial charge in [-0.1, -0.05) is 90.5 Å². The number of pyridine rings is 2. The average Bonchev–Trinajstić information content (AvgIpc) is 3.81. The van der Waals surface area contributed by atoms with Gasteiger partial charge in [-0.25, -0.2) is 0 Å². The standard InChI is InChI=1S/C30H22N3.C16H12N2.Ir/c1-3-18-7-5-8-19(4-2)27(18)26-17-32-30-24-10-6-9-20-11-12-23-22-13-14-31-16-21(22)15-25(33(26)30)29(23)28(20)24;1-17-10-16-14-8-3-2-6-12(14)13-7-4-5-9-15(13)18(16)11-17;/h5-9,11-17H,3-4H2,1-2H3;2-8,10-11H,1H3;/q-1;-2;+3. The molecule has 0 saturated carbocycles. The van der Waals surface area contributed by atoms with Crippen molar-refractivity contribution in [2.24, 2.45) is 0 Å². The molecule has 52 heavy (non-hydrogen) atoms. The van der Waals surface area contributed by atoms with E-state index in [0.29, 0.717) is 0 Å². The number of aryl methyl sites for hydroxylation is 2. The van der Waals surface area contributed by atoms with Crippen LogP contribution in [0, 0.1) is 18.8 Å². The number of anilines is 1. The third-order valence-corrected chi connectivity index (χ3v) is 10.6. The van der Waals surface area contributed by atoms with Crippen molar-refractivity contribution in [1.82, 2.24) is 19.3 Å². The fourth-order valence-electron chi connectivity index (χ4n) is 8.36. The first-order valence-corrected chi connectivity index (χ1v) is 17.7. The van der Waals surface area contributed by atoms with Gasteiger partial charge in [-0.2, -0.15) is 30.9 Å². The molecule has 0 fully saturated rings. The van der Waals surface area contributed by atoms with Gasteiger partial charge in [0.05, 0.1) is 11.3 Å². The molecule has 0 bridgehead atoms. The molecule has 0 atom stereocenters. The Kier molecular flexibility index (Phi) is 7.84. The van der Waals surface area contributed by atoms with Crippen LogP contribution >= 0.6 is 0 Å². The normalized spacial score (nSPS) is 13.2. The van der Waals surface area contributed by atoms with Gasteiger partial charge in [-0.3, -0.25) is 9.97 Å². The van der Waals surface area contributed by atoms with Crippen molar-refractivity contribution in [1.29, 1.82) is 0 Å². The largest absolute Gasteiger partial charge is 3.00 e. The zero-order valence-corrected chi connectivity index (χ0v) is 31.5. The van der Waals surface area contributed by atoms with Crippen molar-refractivity contribution < 1.29 is 20.1 Å². The van der Waals surface area contributed by atoms with E-state index in [1.165, 1.54) is 71.5 Å². The van der Waals surface area contributed by atoms with Crippen molar-refractivity contribution in [3.05, 3.63) is 157 Å². The first kappa shape index (κ1) is 32.4. The predicted molar refractivity (Wildman–Crippen MR) is 210 cm³/mol. The van der Waals surface area contributed by atoms with Gasteiger partial charge in [0, 0.05) is 40.8 Å². The summed E-state index contributed by atoms with van der Waals surface area (Å²) in [5.41, 5.74) is 13.5. The Bertz CT molecular complexity index is 2830. The molecule has 0 aliphatic carbocycles. The van der Waals surface area contributed by atoms with E-state index in [9.17, 15) is 0 Å². The molecule has 3 aromatic heterocycles. The number of benzene rings is 6. The molecular formula is C46H34IrN5. The molecule has 2 aliphatic rings. The van der Waals surface area contributed by atoms with Crippen LogP contribution in [0.25, 0.3) is 76.9 Å². The van der Waals surface area contributed by atoms with E-state index in [4.69, 9.17) is 4.98 Å². The van der Waals surface area contributed by atoms with Gasteiger partial charge >= 0.3 is 20.1 Å². The Hall–Kier alpha value is -5.55. The second kappa shape index (κ2) is 12.6. The molecule has 5 nitrogen and oxygen atoms in total. The number of imidazole rings is 1. The van der Waals surface area contributed by atoms with Gasteiger partial charge in [0.15, 0.2) is 0 Å². The Morgan fingerprint density at radius 2 is 1.54 bits per heavy atom. The third-order valence-electron chi connectivity index (χ3n) is 10.6. The summed E-state index contributed by atoms with van der Waals surface area (Å²) >= 11 is 0. The summed E-state index contributed by atoms with van der Waals surface area (Å²) in [6.07, 6.45) is 10.0. The molecule has 0 amide bonds. The van der Waals surface area contributed by atoms with Gasteiger partial charge in [-0.05, 0) is 71.1 Å². The quantitative estimate of drug-likeness (QED) is 0.101. The number of nitrogens with zero attached hydrogens (tertiary/aromatic N) is 5. The van der Waals surface area contributed by atoms with Crippen molar-refractivity contribution in [2.75, 3.05) is 11.9 Å². The molecule has 252 valence electrons. The summed E-state index contributed by atoms with van der Waals surface area (Å²) < 4.78 is 2.36. The molecule has 6 heteroatoms. The molecule has 6 aromatic carbocycles. The minimum absolute atomic E-state index is 0.